The Kier molecular flexibility index (Phi) is 4.71. The van der Waals surface area contributed by atoms with Gasteiger partial charge in [-0.15, -0.1) is 0 Å². The van der Waals surface area contributed by atoms with Gasteiger partial charge in [0.15, 0.2) is 5.11 Å². The Morgan fingerprint density at radius 3 is 2.20 bits per heavy atom. The number of hydrogen-bond donors (Lipinski definition) is 2. The number of carbonyl (C=O) groups excluding carboxylic acids is 1. The number of amides is 1. The summed E-state index contributed by atoms with van der Waals surface area (Å²) in [7, 11) is 0. The van der Waals surface area contributed by atoms with E-state index in [1.807, 2.05) is 6.07 Å². The highest BCUT2D eigenvalue weighted by molar-refractivity contribution is 7.80. The molecule has 20 heavy (non-hydrogen) atoms. The van der Waals surface area contributed by atoms with Crippen LogP contribution in [0.3, 0.4) is 0 Å². The zero-order valence-electron chi connectivity index (χ0n) is 10.8. The monoisotopic (exact) mass is 304 g/mol. The molecule has 0 aromatic heterocycles. The molecule has 3 nitrogen and oxygen atoms in total. The van der Waals surface area contributed by atoms with Crippen LogP contribution in [0.1, 0.15) is 15.9 Å². The SMILES string of the molecule is Cc1cc2ccc1=2.O=C(NC(=S)NCl)c1ccccc1. The number of halogens is 1. The van der Waals surface area contributed by atoms with Crippen LogP contribution in [0, 0.1) is 17.4 Å². The lowest BCUT2D eigenvalue weighted by molar-refractivity contribution is 0.0977. The summed E-state index contributed by atoms with van der Waals surface area (Å²) in [5.41, 5.74) is 1.98. The number of aryl methyl sites for hydroxylation is 1. The smallest absolute Gasteiger partial charge is 0.257 e. The van der Waals surface area contributed by atoms with Crippen molar-refractivity contribution in [2.75, 3.05) is 0 Å². The molecule has 5 heteroatoms. The van der Waals surface area contributed by atoms with E-state index in [1.54, 1.807) is 24.3 Å². The van der Waals surface area contributed by atoms with E-state index in [4.69, 9.17) is 11.8 Å². The Hall–Kier alpha value is -1.91. The van der Waals surface area contributed by atoms with Crippen molar-refractivity contribution in [1.82, 2.24) is 10.2 Å². The minimum atomic E-state index is -0.279. The summed E-state index contributed by atoms with van der Waals surface area (Å²) >= 11 is 9.83. The van der Waals surface area contributed by atoms with Crippen LogP contribution < -0.4 is 10.2 Å². The minimum absolute atomic E-state index is 0.0931. The van der Waals surface area contributed by atoms with Crippen LogP contribution in [0.25, 0.3) is 0 Å². The first kappa shape index (κ1) is 14.5. The molecule has 2 N–H and O–H groups in total. The third-order valence-corrected chi connectivity index (χ3v) is 3.39. The second-order valence-corrected chi connectivity index (χ2v) is 4.87. The summed E-state index contributed by atoms with van der Waals surface area (Å²) in [5, 5.41) is 5.40. The van der Waals surface area contributed by atoms with Crippen molar-refractivity contribution in [1.29, 1.82) is 0 Å². The lowest BCUT2D eigenvalue weighted by atomic mass is 10.0. The van der Waals surface area contributed by atoms with Crippen molar-refractivity contribution in [3.05, 3.63) is 70.1 Å². The van der Waals surface area contributed by atoms with E-state index in [0.717, 1.165) is 0 Å². The quantitative estimate of drug-likeness (QED) is 0.536. The van der Waals surface area contributed by atoms with Gasteiger partial charge in [-0.1, -0.05) is 36.4 Å². The predicted octanol–water partition coefficient (Wildman–Crippen LogP) is 3.04. The van der Waals surface area contributed by atoms with Crippen LogP contribution in [0.15, 0.2) is 48.5 Å². The molecule has 0 spiro atoms. The highest BCUT2D eigenvalue weighted by Crippen LogP contribution is 2.12. The maximum Gasteiger partial charge on any atom is 0.257 e. The van der Waals surface area contributed by atoms with Crippen LogP contribution in [0.5, 0.6) is 0 Å². The summed E-state index contributed by atoms with van der Waals surface area (Å²) in [4.78, 5) is 13.5. The van der Waals surface area contributed by atoms with Crippen molar-refractivity contribution in [3.8, 4) is 0 Å². The van der Waals surface area contributed by atoms with Gasteiger partial charge >= 0.3 is 0 Å². The van der Waals surface area contributed by atoms with E-state index in [0.29, 0.717) is 5.56 Å². The standard InChI is InChI=1S/C8H7ClN2OS.C7H6/c9-11-8(13)10-7(12)6-4-2-1-3-5-6;1-5-4-6-2-3-7(5)6/h1-5H,(H2,10,11,12,13);2-4H,1H3. The Bertz CT molecular complexity index is 731. The van der Waals surface area contributed by atoms with E-state index < -0.39 is 0 Å². The Morgan fingerprint density at radius 1 is 1.15 bits per heavy atom. The van der Waals surface area contributed by atoms with Gasteiger partial charge < -0.3 is 0 Å². The van der Waals surface area contributed by atoms with Crippen LogP contribution in [0.2, 0.25) is 0 Å². The van der Waals surface area contributed by atoms with E-state index in [1.165, 1.54) is 16.0 Å². The number of carbonyl (C=O) groups is 1. The van der Waals surface area contributed by atoms with Crippen molar-refractivity contribution < 1.29 is 4.79 Å². The summed E-state index contributed by atoms with van der Waals surface area (Å²) < 4.78 is 0. The molecule has 1 amide bonds. The number of nitrogens with one attached hydrogen (secondary N) is 2. The van der Waals surface area contributed by atoms with Gasteiger partial charge in [0, 0.05) is 17.3 Å². The second kappa shape index (κ2) is 6.50. The van der Waals surface area contributed by atoms with Gasteiger partial charge in [0.05, 0.1) is 0 Å². The zero-order chi connectivity index (χ0) is 14.5. The molecule has 0 heterocycles. The third kappa shape index (κ3) is 3.35. The first-order chi connectivity index (χ1) is 9.61. The fraction of sp³-hybridized carbons (Fsp3) is 0.0667. The summed E-state index contributed by atoms with van der Waals surface area (Å²) in [6.07, 6.45) is 0. The van der Waals surface area contributed by atoms with E-state index in [9.17, 15) is 4.79 Å². The number of thiocarbonyl (C=S) groups is 1. The molecule has 0 saturated heterocycles. The van der Waals surface area contributed by atoms with E-state index >= 15 is 0 Å². The Labute approximate surface area is 127 Å². The number of hydrogen-bond acceptors (Lipinski definition) is 2. The van der Waals surface area contributed by atoms with Crippen molar-refractivity contribution in [2.24, 2.45) is 0 Å². The van der Waals surface area contributed by atoms with Crippen LogP contribution in [-0.4, -0.2) is 11.0 Å². The van der Waals surface area contributed by atoms with Crippen LogP contribution in [0.4, 0.5) is 0 Å². The Morgan fingerprint density at radius 2 is 1.85 bits per heavy atom. The summed E-state index contributed by atoms with van der Waals surface area (Å²) in [5.74, 6) is -0.279. The lowest BCUT2D eigenvalue weighted by Crippen LogP contribution is -2.34. The topological polar surface area (TPSA) is 41.1 Å². The van der Waals surface area contributed by atoms with Gasteiger partial charge in [0.2, 0.25) is 0 Å². The third-order valence-electron chi connectivity index (χ3n) is 2.89. The van der Waals surface area contributed by atoms with Crippen molar-refractivity contribution in [3.63, 3.8) is 0 Å². The van der Waals surface area contributed by atoms with Gasteiger partial charge in [-0.2, -0.15) is 0 Å². The number of benzene rings is 2. The molecule has 3 rings (SSSR count). The second-order valence-electron chi connectivity index (χ2n) is 4.27. The fourth-order valence-electron chi connectivity index (χ4n) is 1.77. The molecule has 0 saturated carbocycles. The van der Waals surface area contributed by atoms with Gasteiger partial charge in [0.1, 0.15) is 0 Å². The molecule has 0 radical (unpaired) electrons. The molecular weight excluding hydrogens is 292 g/mol. The minimum Gasteiger partial charge on any atom is -0.298 e. The lowest BCUT2D eigenvalue weighted by Gasteiger charge is -2.04. The normalized spacial score (nSPS) is 9.90. The first-order valence-electron chi connectivity index (χ1n) is 6.00. The summed E-state index contributed by atoms with van der Waals surface area (Å²) in [6, 6.07) is 15.2. The molecule has 2 aliphatic rings. The molecular formula is C15H13ClN2OS. The van der Waals surface area contributed by atoms with Gasteiger partial charge in [0.25, 0.3) is 5.91 Å². The van der Waals surface area contributed by atoms with Crippen molar-refractivity contribution in [2.45, 2.75) is 6.92 Å². The zero-order valence-corrected chi connectivity index (χ0v) is 12.4. The molecule has 0 atom stereocenters. The number of rotatable bonds is 1. The van der Waals surface area contributed by atoms with Crippen molar-refractivity contribution >= 4 is 35.0 Å². The largest absolute Gasteiger partial charge is 0.298 e. The molecule has 0 fully saturated rings. The maximum absolute atomic E-state index is 11.3. The molecule has 102 valence electrons. The highest BCUT2D eigenvalue weighted by Gasteiger charge is 2.05. The van der Waals surface area contributed by atoms with Crippen LogP contribution >= 0.6 is 24.0 Å². The highest BCUT2D eigenvalue weighted by atomic mass is 35.5. The van der Waals surface area contributed by atoms with Gasteiger partial charge in [-0.25, -0.2) is 0 Å². The van der Waals surface area contributed by atoms with E-state index in [-0.39, 0.29) is 11.0 Å². The molecule has 0 unspecified atom stereocenters. The molecule has 0 aliphatic heterocycles. The molecule has 2 aliphatic carbocycles. The molecule has 0 bridgehead atoms. The predicted molar refractivity (Wildman–Crippen MR) is 84.3 cm³/mol. The average molecular weight is 305 g/mol. The molecule has 1 aromatic carbocycles. The fourth-order valence-corrected chi connectivity index (χ4v) is 1.91. The Balaban J connectivity index is 0.000000173. The maximum atomic E-state index is 11.3. The van der Waals surface area contributed by atoms with Crippen LogP contribution in [-0.2, 0) is 0 Å². The van der Waals surface area contributed by atoms with Gasteiger partial charge in [-0.3, -0.25) is 14.9 Å². The molecule has 1 aromatic rings. The van der Waals surface area contributed by atoms with E-state index in [2.05, 4.69) is 47.5 Å². The first-order valence-corrected chi connectivity index (χ1v) is 6.78. The van der Waals surface area contributed by atoms with Gasteiger partial charge in [-0.05, 0) is 47.3 Å². The summed E-state index contributed by atoms with van der Waals surface area (Å²) in [6.45, 7) is 2.14. The average Bonchev–Trinajstić information content (AvgIpc) is 2.45.